The van der Waals surface area contributed by atoms with Crippen molar-refractivity contribution < 1.29 is 17.6 Å². The molecule has 2 aromatic rings. The lowest BCUT2D eigenvalue weighted by molar-refractivity contribution is 0.0930. The molecule has 1 amide bonds. The summed E-state index contributed by atoms with van der Waals surface area (Å²) < 4.78 is 39.9. The van der Waals surface area contributed by atoms with E-state index in [4.69, 9.17) is 0 Å². The van der Waals surface area contributed by atoms with Gasteiger partial charge in [0.15, 0.2) is 0 Å². The van der Waals surface area contributed by atoms with Gasteiger partial charge in [-0.3, -0.25) is 9.52 Å². The third-order valence-corrected chi connectivity index (χ3v) is 5.55. The van der Waals surface area contributed by atoms with Crippen LogP contribution in [0.5, 0.6) is 0 Å². The molecule has 3 rings (SSSR count). The van der Waals surface area contributed by atoms with E-state index in [1.54, 1.807) is 12.1 Å². The molecule has 0 spiro atoms. The minimum absolute atomic E-state index is 0. The molecule has 1 saturated heterocycles. The zero-order valence-electron chi connectivity index (χ0n) is 14.4. The van der Waals surface area contributed by atoms with Gasteiger partial charge in [-0.2, -0.15) is 0 Å². The first-order chi connectivity index (χ1) is 12.4. The molecular formula is C18H21ClFN3O3S. The number of anilines is 1. The standard InChI is InChI=1S/C18H20FN3O3S.ClH/c19-14-5-9-17(10-6-14)26(24,25)22-15-7-3-13(4-8-15)18(23)21-16-2-1-11-20-12-16;/h3-10,16,20,22H,1-2,11-12H2,(H,21,23);1H/t16-;/m0./s1. The Kier molecular flexibility index (Phi) is 7.18. The molecule has 0 aromatic heterocycles. The Labute approximate surface area is 164 Å². The number of nitrogens with one attached hydrogen (secondary N) is 3. The molecule has 27 heavy (non-hydrogen) atoms. The van der Waals surface area contributed by atoms with Gasteiger partial charge in [0.05, 0.1) is 4.90 Å². The molecule has 0 unspecified atom stereocenters. The molecule has 6 nitrogen and oxygen atoms in total. The fraction of sp³-hybridized carbons (Fsp3) is 0.278. The van der Waals surface area contributed by atoms with Crippen LogP contribution in [-0.2, 0) is 10.0 Å². The summed E-state index contributed by atoms with van der Waals surface area (Å²) in [5, 5.41) is 6.19. The van der Waals surface area contributed by atoms with Crippen LogP contribution < -0.4 is 15.4 Å². The van der Waals surface area contributed by atoms with Crippen molar-refractivity contribution in [3.63, 3.8) is 0 Å². The molecule has 3 N–H and O–H groups in total. The maximum Gasteiger partial charge on any atom is 0.261 e. The number of hydrogen-bond acceptors (Lipinski definition) is 4. The summed E-state index contributed by atoms with van der Waals surface area (Å²) in [6.45, 7) is 1.72. The van der Waals surface area contributed by atoms with Crippen molar-refractivity contribution in [3.05, 3.63) is 59.9 Å². The number of sulfonamides is 1. The Morgan fingerprint density at radius 3 is 2.33 bits per heavy atom. The van der Waals surface area contributed by atoms with Crippen LogP contribution in [0.3, 0.4) is 0 Å². The van der Waals surface area contributed by atoms with Gasteiger partial charge in [-0.15, -0.1) is 12.4 Å². The van der Waals surface area contributed by atoms with Gasteiger partial charge < -0.3 is 10.6 Å². The lowest BCUT2D eigenvalue weighted by atomic mass is 10.1. The number of benzene rings is 2. The molecule has 0 aliphatic carbocycles. The van der Waals surface area contributed by atoms with Crippen LogP contribution >= 0.6 is 12.4 Å². The van der Waals surface area contributed by atoms with Gasteiger partial charge in [0, 0.05) is 23.8 Å². The maximum absolute atomic E-state index is 12.9. The SMILES string of the molecule is Cl.O=C(N[C@H]1CCCNC1)c1ccc(NS(=O)(=O)c2ccc(F)cc2)cc1. The van der Waals surface area contributed by atoms with Crippen LogP contribution in [-0.4, -0.2) is 33.5 Å². The number of carbonyl (C=O) groups excluding carboxylic acids is 1. The molecule has 146 valence electrons. The van der Waals surface area contributed by atoms with Gasteiger partial charge in [0.25, 0.3) is 15.9 Å². The van der Waals surface area contributed by atoms with E-state index in [0.29, 0.717) is 11.3 Å². The number of piperidine rings is 1. The van der Waals surface area contributed by atoms with Gasteiger partial charge in [0.1, 0.15) is 5.82 Å². The van der Waals surface area contributed by atoms with Gasteiger partial charge in [-0.25, -0.2) is 12.8 Å². The predicted molar refractivity (Wildman–Crippen MR) is 104 cm³/mol. The van der Waals surface area contributed by atoms with Crippen LogP contribution in [0.25, 0.3) is 0 Å². The van der Waals surface area contributed by atoms with Crippen LogP contribution in [0.15, 0.2) is 53.4 Å². The predicted octanol–water partition coefficient (Wildman–Crippen LogP) is 2.53. The molecule has 1 aliphatic rings. The molecular weight excluding hydrogens is 393 g/mol. The number of hydrogen-bond donors (Lipinski definition) is 3. The van der Waals surface area contributed by atoms with Crippen LogP contribution in [0.4, 0.5) is 10.1 Å². The van der Waals surface area contributed by atoms with E-state index < -0.39 is 15.8 Å². The van der Waals surface area contributed by atoms with E-state index in [1.165, 1.54) is 24.3 Å². The van der Waals surface area contributed by atoms with Crippen LogP contribution in [0, 0.1) is 5.82 Å². The largest absolute Gasteiger partial charge is 0.348 e. The Morgan fingerprint density at radius 1 is 1.07 bits per heavy atom. The normalized spacial score (nSPS) is 16.9. The summed E-state index contributed by atoms with van der Waals surface area (Å²) in [4.78, 5) is 12.2. The molecule has 0 saturated carbocycles. The lowest BCUT2D eigenvalue weighted by Gasteiger charge is -2.23. The second-order valence-electron chi connectivity index (χ2n) is 6.15. The quantitative estimate of drug-likeness (QED) is 0.703. The molecule has 0 bridgehead atoms. The molecule has 1 fully saturated rings. The summed E-state index contributed by atoms with van der Waals surface area (Å²) in [6.07, 6.45) is 1.96. The number of rotatable bonds is 5. The minimum Gasteiger partial charge on any atom is -0.348 e. The monoisotopic (exact) mass is 413 g/mol. The van der Waals surface area contributed by atoms with Crippen molar-refractivity contribution in [3.8, 4) is 0 Å². The molecule has 1 aliphatic heterocycles. The summed E-state index contributed by atoms with van der Waals surface area (Å²) in [7, 11) is -3.81. The zero-order valence-corrected chi connectivity index (χ0v) is 16.1. The van der Waals surface area contributed by atoms with Gasteiger partial charge in [-0.05, 0) is 67.9 Å². The van der Waals surface area contributed by atoms with Crippen molar-refractivity contribution in [2.75, 3.05) is 17.8 Å². The Balaban J connectivity index is 0.00000261. The summed E-state index contributed by atoms with van der Waals surface area (Å²) >= 11 is 0. The lowest BCUT2D eigenvalue weighted by Crippen LogP contribution is -2.45. The minimum atomic E-state index is -3.81. The van der Waals surface area contributed by atoms with Crippen molar-refractivity contribution in [1.29, 1.82) is 0 Å². The number of carbonyl (C=O) groups is 1. The van der Waals surface area contributed by atoms with Gasteiger partial charge in [-0.1, -0.05) is 0 Å². The Hall–Kier alpha value is -2.16. The summed E-state index contributed by atoms with van der Waals surface area (Å²) in [6, 6.07) is 10.8. The summed E-state index contributed by atoms with van der Waals surface area (Å²) in [5.41, 5.74) is 0.783. The van der Waals surface area contributed by atoms with Crippen molar-refractivity contribution in [2.24, 2.45) is 0 Å². The second-order valence-corrected chi connectivity index (χ2v) is 7.84. The van der Waals surface area contributed by atoms with Gasteiger partial charge >= 0.3 is 0 Å². The molecule has 0 radical (unpaired) electrons. The van der Waals surface area contributed by atoms with Gasteiger partial charge in [0.2, 0.25) is 0 Å². The first-order valence-electron chi connectivity index (χ1n) is 8.34. The van der Waals surface area contributed by atoms with E-state index in [1.807, 2.05) is 0 Å². The second kappa shape index (κ2) is 9.16. The molecule has 2 aromatic carbocycles. The smallest absolute Gasteiger partial charge is 0.261 e. The fourth-order valence-electron chi connectivity index (χ4n) is 2.76. The van der Waals surface area contributed by atoms with Crippen LogP contribution in [0.2, 0.25) is 0 Å². The first kappa shape index (κ1) is 21.1. The zero-order chi connectivity index (χ0) is 18.6. The highest BCUT2D eigenvalue weighted by Gasteiger charge is 2.17. The van der Waals surface area contributed by atoms with E-state index in [2.05, 4.69) is 15.4 Å². The average Bonchev–Trinajstić information content (AvgIpc) is 2.63. The van der Waals surface area contributed by atoms with E-state index in [9.17, 15) is 17.6 Å². The highest BCUT2D eigenvalue weighted by Crippen LogP contribution is 2.17. The number of amides is 1. The fourth-order valence-corrected chi connectivity index (χ4v) is 3.82. The number of halogens is 2. The Bertz CT molecular complexity index is 868. The summed E-state index contributed by atoms with van der Waals surface area (Å²) in [5.74, 6) is -0.695. The van der Waals surface area contributed by atoms with E-state index in [0.717, 1.165) is 38.1 Å². The average molecular weight is 414 g/mol. The topological polar surface area (TPSA) is 87.3 Å². The highest BCUT2D eigenvalue weighted by atomic mass is 35.5. The van der Waals surface area contributed by atoms with E-state index >= 15 is 0 Å². The molecule has 9 heteroatoms. The van der Waals surface area contributed by atoms with E-state index in [-0.39, 0.29) is 29.3 Å². The maximum atomic E-state index is 12.9. The first-order valence-corrected chi connectivity index (χ1v) is 9.82. The third kappa shape index (κ3) is 5.66. The molecule has 1 atom stereocenters. The van der Waals surface area contributed by atoms with Crippen LogP contribution in [0.1, 0.15) is 23.2 Å². The van der Waals surface area contributed by atoms with Crippen molar-refractivity contribution in [1.82, 2.24) is 10.6 Å². The van der Waals surface area contributed by atoms with Crippen molar-refractivity contribution >= 4 is 34.0 Å². The third-order valence-electron chi connectivity index (χ3n) is 4.16. The Morgan fingerprint density at radius 2 is 1.74 bits per heavy atom. The molecule has 1 heterocycles. The van der Waals surface area contributed by atoms with Crippen molar-refractivity contribution in [2.45, 2.75) is 23.8 Å². The highest BCUT2D eigenvalue weighted by molar-refractivity contribution is 7.92.